The minimum absolute atomic E-state index is 0.134. The topological polar surface area (TPSA) is 87.3 Å². The Hall–Kier alpha value is -1.79. The molecule has 0 aromatic heterocycles. The number of rotatable bonds is 9. The van der Waals surface area contributed by atoms with E-state index in [-0.39, 0.29) is 29.0 Å². The van der Waals surface area contributed by atoms with Crippen molar-refractivity contribution in [3.63, 3.8) is 0 Å². The Kier molecular flexibility index (Phi) is 9.44. The number of amides is 3. The Morgan fingerprint density at radius 3 is 2.38 bits per heavy atom. The lowest BCUT2D eigenvalue weighted by molar-refractivity contribution is -0.127. The zero-order valence-corrected chi connectivity index (χ0v) is 16.7. The Balaban J connectivity index is 2.74. The Bertz CT molecular complexity index is 651. The molecule has 144 valence electrons. The van der Waals surface area contributed by atoms with Gasteiger partial charge in [-0.2, -0.15) is 0 Å². The largest absolute Gasteiger partial charge is 0.355 e. The Labute approximate surface area is 164 Å². The molecule has 3 amide bonds. The average Bonchev–Trinajstić information content (AvgIpc) is 2.56. The fourth-order valence-electron chi connectivity index (χ4n) is 2.23. The highest BCUT2D eigenvalue weighted by Gasteiger charge is 2.23. The minimum atomic E-state index is -0.770. The summed E-state index contributed by atoms with van der Waals surface area (Å²) in [5, 5.41) is 8.54. The number of halogens is 2. The zero-order chi connectivity index (χ0) is 19.7. The number of benzene rings is 1. The molecule has 3 N–H and O–H groups in total. The molecule has 0 aliphatic heterocycles. The van der Waals surface area contributed by atoms with Crippen molar-refractivity contribution in [1.29, 1.82) is 0 Å². The van der Waals surface area contributed by atoms with Crippen LogP contribution in [0.15, 0.2) is 18.2 Å². The van der Waals surface area contributed by atoms with Gasteiger partial charge in [0, 0.05) is 11.6 Å². The second kappa shape index (κ2) is 11.0. The summed E-state index contributed by atoms with van der Waals surface area (Å²) in [5.41, 5.74) is 0.235. The third-order valence-corrected chi connectivity index (χ3v) is 4.05. The number of hydrogen-bond acceptors (Lipinski definition) is 3. The predicted octanol–water partition coefficient (Wildman–Crippen LogP) is 2.78. The SMILES string of the molecule is CCCNC(=O)CNC(=O)C(CC(C)C)NC(=O)c1ccc(Cl)cc1Cl. The molecule has 0 saturated carbocycles. The lowest BCUT2D eigenvalue weighted by Gasteiger charge is -2.20. The van der Waals surface area contributed by atoms with E-state index in [1.807, 2.05) is 20.8 Å². The van der Waals surface area contributed by atoms with Gasteiger partial charge in [0.1, 0.15) is 6.04 Å². The monoisotopic (exact) mass is 401 g/mol. The molecule has 1 rings (SSSR count). The van der Waals surface area contributed by atoms with Gasteiger partial charge in [0.25, 0.3) is 5.91 Å². The standard InChI is InChI=1S/C18H25Cl2N3O3/c1-4-7-21-16(24)10-22-18(26)15(8-11(2)3)23-17(25)13-6-5-12(19)9-14(13)20/h5-6,9,11,15H,4,7-8,10H2,1-3H3,(H,21,24)(H,22,26)(H,23,25). The van der Waals surface area contributed by atoms with Crippen LogP contribution >= 0.6 is 23.2 Å². The molecule has 1 unspecified atom stereocenters. The van der Waals surface area contributed by atoms with Crippen LogP contribution in [0.5, 0.6) is 0 Å². The van der Waals surface area contributed by atoms with E-state index in [0.717, 1.165) is 6.42 Å². The van der Waals surface area contributed by atoms with Gasteiger partial charge in [-0.3, -0.25) is 14.4 Å². The van der Waals surface area contributed by atoms with Gasteiger partial charge in [-0.25, -0.2) is 0 Å². The summed E-state index contributed by atoms with van der Waals surface area (Å²) >= 11 is 11.9. The van der Waals surface area contributed by atoms with Crippen molar-refractivity contribution in [3.05, 3.63) is 33.8 Å². The second-order valence-corrected chi connectivity index (χ2v) is 7.19. The summed E-state index contributed by atoms with van der Waals surface area (Å²) in [4.78, 5) is 36.5. The van der Waals surface area contributed by atoms with Gasteiger partial charge in [0.2, 0.25) is 11.8 Å². The van der Waals surface area contributed by atoms with Crippen molar-refractivity contribution >= 4 is 40.9 Å². The van der Waals surface area contributed by atoms with Gasteiger partial charge >= 0.3 is 0 Å². The molecule has 0 aliphatic rings. The van der Waals surface area contributed by atoms with Crippen molar-refractivity contribution in [2.45, 2.75) is 39.7 Å². The normalized spacial score (nSPS) is 11.8. The Morgan fingerprint density at radius 2 is 1.81 bits per heavy atom. The van der Waals surface area contributed by atoms with Crippen LogP contribution in [0.3, 0.4) is 0 Å². The molecule has 0 spiro atoms. The van der Waals surface area contributed by atoms with E-state index in [2.05, 4.69) is 16.0 Å². The molecule has 6 nitrogen and oxygen atoms in total. The molecule has 1 atom stereocenters. The van der Waals surface area contributed by atoms with E-state index in [4.69, 9.17) is 23.2 Å². The van der Waals surface area contributed by atoms with Gasteiger partial charge in [0.15, 0.2) is 0 Å². The van der Waals surface area contributed by atoms with E-state index < -0.39 is 17.9 Å². The van der Waals surface area contributed by atoms with Crippen LogP contribution in [-0.4, -0.2) is 36.9 Å². The molecule has 0 aliphatic carbocycles. The van der Waals surface area contributed by atoms with E-state index in [1.165, 1.54) is 12.1 Å². The maximum absolute atomic E-state index is 12.5. The lowest BCUT2D eigenvalue weighted by Crippen LogP contribution is -2.49. The highest BCUT2D eigenvalue weighted by molar-refractivity contribution is 6.36. The summed E-state index contributed by atoms with van der Waals surface area (Å²) in [6, 6.07) is 3.75. The average molecular weight is 402 g/mol. The molecule has 0 bridgehead atoms. The second-order valence-electron chi connectivity index (χ2n) is 6.35. The fourth-order valence-corrected chi connectivity index (χ4v) is 2.72. The van der Waals surface area contributed by atoms with Crippen molar-refractivity contribution in [2.75, 3.05) is 13.1 Å². The summed E-state index contributed by atoms with van der Waals surface area (Å²) in [5.74, 6) is -0.983. The molecule has 26 heavy (non-hydrogen) atoms. The molecule has 8 heteroatoms. The molecule has 0 radical (unpaired) electrons. The smallest absolute Gasteiger partial charge is 0.253 e. The van der Waals surface area contributed by atoms with Crippen LogP contribution in [0.4, 0.5) is 0 Å². The van der Waals surface area contributed by atoms with Crippen molar-refractivity contribution in [1.82, 2.24) is 16.0 Å². The molecule has 0 fully saturated rings. The van der Waals surface area contributed by atoms with Crippen LogP contribution in [0.2, 0.25) is 10.0 Å². The van der Waals surface area contributed by atoms with Gasteiger partial charge in [-0.15, -0.1) is 0 Å². The summed E-state index contributed by atoms with van der Waals surface area (Å²) in [6.07, 6.45) is 1.24. The number of carbonyl (C=O) groups excluding carboxylic acids is 3. The lowest BCUT2D eigenvalue weighted by atomic mass is 10.0. The first kappa shape index (κ1) is 22.3. The first-order chi connectivity index (χ1) is 12.2. The van der Waals surface area contributed by atoms with Crippen molar-refractivity contribution < 1.29 is 14.4 Å². The molecule has 0 heterocycles. The number of hydrogen-bond donors (Lipinski definition) is 3. The van der Waals surface area contributed by atoms with Gasteiger partial charge in [-0.1, -0.05) is 44.0 Å². The molecule has 1 aromatic carbocycles. The molecule has 0 saturated heterocycles. The highest BCUT2D eigenvalue weighted by atomic mass is 35.5. The Morgan fingerprint density at radius 1 is 1.12 bits per heavy atom. The number of nitrogens with one attached hydrogen (secondary N) is 3. The van der Waals surface area contributed by atoms with Crippen LogP contribution in [-0.2, 0) is 9.59 Å². The van der Waals surface area contributed by atoms with Crippen LogP contribution < -0.4 is 16.0 Å². The predicted molar refractivity (Wildman–Crippen MR) is 103 cm³/mol. The van der Waals surface area contributed by atoms with E-state index in [9.17, 15) is 14.4 Å². The van der Waals surface area contributed by atoms with Crippen LogP contribution in [0.1, 0.15) is 44.0 Å². The first-order valence-corrected chi connectivity index (χ1v) is 9.30. The molecule has 1 aromatic rings. The van der Waals surface area contributed by atoms with Crippen LogP contribution in [0, 0.1) is 5.92 Å². The zero-order valence-electron chi connectivity index (χ0n) is 15.2. The maximum atomic E-state index is 12.5. The van der Waals surface area contributed by atoms with Crippen molar-refractivity contribution in [2.24, 2.45) is 5.92 Å². The molecular formula is C18H25Cl2N3O3. The third kappa shape index (κ3) is 7.62. The quantitative estimate of drug-likeness (QED) is 0.594. The van der Waals surface area contributed by atoms with Gasteiger partial charge in [0.05, 0.1) is 17.1 Å². The highest BCUT2D eigenvalue weighted by Crippen LogP contribution is 2.21. The molecular weight excluding hydrogens is 377 g/mol. The third-order valence-electron chi connectivity index (χ3n) is 3.50. The summed E-state index contributed by atoms with van der Waals surface area (Å²) in [6.45, 7) is 6.24. The van der Waals surface area contributed by atoms with E-state index >= 15 is 0 Å². The van der Waals surface area contributed by atoms with Crippen LogP contribution in [0.25, 0.3) is 0 Å². The minimum Gasteiger partial charge on any atom is -0.355 e. The van der Waals surface area contributed by atoms with Gasteiger partial charge < -0.3 is 16.0 Å². The summed E-state index contributed by atoms with van der Waals surface area (Å²) in [7, 11) is 0. The van der Waals surface area contributed by atoms with E-state index in [1.54, 1.807) is 6.07 Å². The first-order valence-electron chi connectivity index (χ1n) is 8.54. The van der Waals surface area contributed by atoms with Crippen molar-refractivity contribution in [3.8, 4) is 0 Å². The van der Waals surface area contributed by atoms with Gasteiger partial charge in [-0.05, 0) is 37.0 Å². The number of carbonyl (C=O) groups is 3. The summed E-state index contributed by atoms with van der Waals surface area (Å²) < 4.78 is 0. The van der Waals surface area contributed by atoms with E-state index in [0.29, 0.717) is 18.0 Å². The fraction of sp³-hybridized carbons (Fsp3) is 0.500. The maximum Gasteiger partial charge on any atom is 0.253 e.